The second-order valence-corrected chi connectivity index (χ2v) is 6.85. The number of carbonyl (C=O) groups is 2. The molecule has 1 saturated heterocycles. The third-order valence-corrected chi connectivity index (χ3v) is 5.56. The SMILES string of the molecule is CSC1(CNC(=O)N2CCC(CCC(=O)O)C2)CC1. The molecule has 0 radical (unpaired) electrons. The minimum Gasteiger partial charge on any atom is -0.481 e. The van der Waals surface area contributed by atoms with Gasteiger partial charge in [0.05, 0.1) is 0 Å². The number of carboxylic acid groups (broad SMARTS) is 1. The summed E-state index contributed by atoms with van der Waals surface area (Å²) >= 11 is 1.84. The molecule has 0 aromatic rings. The maximum atomic E-state index is 12.0. The van der Waals surface area contributed by atoms with E-state index in [9.17, 15) is 9.59 Å². The summed E-state index contributed by atoms with van der Waals surface area (Å²) < 4.78 is 0.290. The highest BCUT2D eigenvalue weighted by molar-refractivity contribution is 8.00. The molecule has 2 aliphatic rings. The molecule has 1 heterocycles. The van der Waals surface area contributed by atoms with E-state index in [1.165, 1.54) is 12.8 Å². The molecule has 0 bridgehead atoms. The van der Waals surface area contributed by atoms with Gasteiger partial charge in [0, 0.05) is 30.8 Å². The van der Waals surface area contributed by atoms with Crippen molar-refractivity contribution >= 4 is 23.8 Å². The molecule has 0 aromatic carbocycles. The lowest BCUT2D eigenvalue weighted by molar-refractivity contribution is -0.137. The molecule has 0 aromatic heterocycles. The summed E-state index contributed by atoms with van der Waals surface area (Å²) in [7, 11) is 0. The molecule has 19 heavy (non-hydrogen) atoms. The van der Waals surface area contributed by atoms with E-state index in [1.54, 1.807) is 0 Å². The van der Waals surface area contributed by atoms with Crippen molar-refractivity contribution in [3.8, 4) is 0 Å². The van der Waals surface area contributed by atoms with E-state index >= 15 is 0 Å². The largest absolute Gasteiger partial charge is 0.481 e. The van der Waals surface area contributed by atoms with E-state index in [1.807, 2.05) is 16.7 Å². The Bertz CT molecular complexity index is 358. The lowest BCUT2D eigenvalue weighted by Crippen LogP contribution is -2.41. The predicted octanol–water partition coefficient (Wildman–Crippen LogP) is 1.78. The van der Waals surface area contributed by atoms with Gasteiger partial charge in [0.2, 0.25) is 0 Å². The Balaban J connectivity index is 1.68. The van der Waals surface area contributed by atoms with E-state index in [0.29, 0.717) is 18.9 Å². The van der Waals surface area contributed by atoms with E-state index in [4.69, 9.17) is 5.11 Å². The number of thioether (sulfide) groups is 1. The number of urea groups is 1. The number of nitrogens with one attached hydrogen (secondary N) is 1. The van der Waals surface area contributed by atoms with Crippen LogP contribution in [0.5, 0.6) is 0 Å². The number of hydrogen-bond donors (Lipinski definition) is 2. The van der Waals surface area contributed by atoms with Gasteiger partial charge in [-0.05, 0) is 37.9 Å². The average molecular weight is 286 g/mol. The van der Waals surface area contributed by atoms with Crippen LogP contribution in [0.3, 0.4) is 0 Å². The van der Waals surface area contributed by atoms with Crippen LogP contribution in [0.15, 0.2) is 0 Å². The Kier molecular flexibility index (Phi) is 4.60. The average Bonchev–Trinajstić information content (AvgIpc) is 3.02. The normalized spacial score (nSPS) is 24.3. The van der Waals surface area contributed by atoms with Crippen molar-refractivity contribution in [1.29, 1.82) is 0 Å². The predicted molar refractivity (Wildman–Crippen MR) is 75.4 cm³/mol. The molecule has 108 valence electrons. The molecule has 1 saturated carbocycles. The van der Waals surface area contributed by atoms with Crippen molar-refractivity contribution in [3.05, 3.63) is 0 Å². The molecule has 1 aliphatic carbocycles. The van der Waals surface area contributed by atoms with Crippen molar-refractivity contribution in [2.45, 2.75) is 36.9 Å². The van der Waals surface area contributed by atoms with E-state index in [-0.39, 0.29) is 17.2 Å². The fraction of sp³-hybridized carbons (Fsp3) is 0.846. The monoisotopic (exact) mass is 286 g/mol. The van der Waals surface area contributed by atoms with Gasteiger partial charge >= 0.3 is 12.0 Å². The third-order valence-electron chi connectivity index (χ3n) is 4.14. The lowest BCUT2D eigenvalue weighted by Gasteiger charge is -2.20. The highest BCUT2D eigenvalue weighted by Gasteiger charge is 2.42. The van der Waals surface area contributed by atoms with Crippen LogP contribution in [-0.4, -0.2) is 52.6 Å². The molecule has 0 spiro atoms. The number of nitrogens with zero attached hydrogens (tertiary/aromatic N) is 1. The summed E-state index contributed by atoms with van der Waals surface area (Å²) in [5.41, 5.74) is 0. The zero-order valence-corrected chi connectivity index (χ0v) is 12.2. The Hall–Kier alpha value is -0.910. The van der Waals surface area contributed by atoms with Crippen LogP contribution in [0.4, 0.5) is 4.79 Å². The van der Waals surface area contributed by atoms with Gasteiger partial charge in [-0.1, -0.05) is 0 Å². The van der Waals surface area contributed by atoms with Gasteiger partial charge in [0.25, 0.3) is 0 Å². The summed E-state index contributed by atoms with van der Waals surface area (Å²) in [6.45, 7) is 2.21. The van der Waals surface area contributed by atoms with Crippen molar-refractivity contribution in [2.24, 2.45) is 5.92 Å². The molecule has 2 amide bonds. The Morgan fingerprint density at radius 1 is 1.47 bits per heavy atom. The molecule has 6 heteroatoms. The minimum atomic E-state index is -0.751. The number of aliphatic carboxylic acids is 1. The van der Waals surface area contributed by atoms with E-state index in [0.717, 1.165) is 19.5 Å². The minimum absolute atomic E-state index is 0.0122. The summed E-state index contributed by atoms with van der Waals surface area (Å²) in [5, 5.41) is 11.7. The molecule has 1 unspecified atom stereocenters. The molecular formula is C13H22N2O3S. The molecule has 1 atom stereocenters. The highest BCUT2D eigenvalue weighted by Crippen LogP contribution is 2.46. The fourth-order valence-corrected chi connectivity index (χ4v) is 3.25. The molecule has 1 aliphatic heterocycles. The van der Waals surface area contributed by atoms with Gasteiger partial charge in [0.15, 0.2) is 0 Å². The first-order valence-corrected chi connectivity index (χ1v) is 8.07. The van der Waals surface area contributed by atoms with Gasteiger partial charge < -0.3 is 15.3 Å². The lowest BCUT2D eigenvalue weighted by atomic mass is 10.0. The molecule has 2 fully saturated rings. The first kappa shape index (κ1) is 14.5. The Morgan fingerprint density at radius 2 is 2.21 bits per heavy atom. The number of carboxylic acids is 1. The maximum absolute atomic E-state index is 12.0. The molecule has 5 nitrogen and oxygen atoms in total. The second kappa shape index (κ2) is 6.03. The smallest absolute Gasteiger partial charge is 0.317 e. The van der Waals surface area contributed by atoms with Crippen LogP contribution in [0, 0.1) is 5.92 Å². The van der Waals surface area contributed by atoms with Crippen molar-refractivity contribution in [3.63, 3.8) is 0 Å². The van der Waals surface area contributed by atoms with Crippen LogP contribution < -0.4 is 5.32 Å². The van der Waals surface area contributed by atoms with Crippen molar-refractivity contribution in [1.82, 2.24) is 10.2 Å². The first-order valence-electron chi connectivity index (χ1n) is 6.84. The highest BCUT2D eigenvalue weighted by atomic mass is 32.2. The zero-order chi connectivity index (χ0) is 13.9. The maximum Gasteiger partial charge on any atom is 0.317 e. The standard InChI is InChI=1S/C13H22N2O3S/c1-19-13(5-6-13)9-14-12(18)15-7-4-10(8-15)2-3-11(16)17/h10H,2-9H2,1H3,(H,14,18)(H,16,17). The summed E-state index contributed by atoms with van der Waals surface area (Å²) in [4.78, 5) is 24.4. The number of rotatable bonds is 6. The topological polar surface area (TPSA) is 69.6 Å². The number of likely N-dealkylation sites (tertiary alicyclic amines) is 1. The quantitative estimate of drug-likeness (QED) is 0.781. The molecule has 2 N–H and O–H groups in total. The summed E-state index contributed by atoms with van der Waals surface area (Å²) in [6.07, 6.45) is 6.28. The van der Waals surface area contributed by atoms with E-state index in [2.05, 4.69) is 11.6 Å². The van der Waals surface area contributed by atoms with Crippen LogP contribution in [0.25, 0.3) is 0 Å². The van der Waals surface area contributed by atoms with Gasteiger partial charge in [-0.3, -0.25) is 4.79 Å². The summed E-state index contributed by atoms with van der Waals surface area (Å²) in [6, 6.07) is 0.0122. The summed E-state index contributed by atoms with van der Waals surface area (Å²) in [5.74, 6) is -0.407. The van der Waals surface area contributed by atoms with Gasteiger partial charge in [-0.2, -0.15) is 11.8 Å². The first-order chi connectivity index (χ1) is 9.04. The Labute approximate surface area is 118 Å². The Morgan fingerprint density at radius 3 is 2.79 bits per heavy atom. The van der Waals surface area contributed by atoms with E-state index < -0.39 is 5.97 Å². The van der Waals surface area contributed by atoms with Gasteiger partial charge in [0.1, 0.15) is 0 Å². The third kappa shape index (κ3) is 4.03. The van der Waals surface area contributed by atoms with Crippen LogP contribution in [0.2, 0.25) is 0 Å². The van der Waals surface area contributed by atoms with Gasteiger partial charge in [-0.25, -0.2) is 4.79 Å². The number of carbonyl (C=O) groups excluding carboxylic acids is 1. The zero-order valence-electron chi connectivity index (χ0n) is 11.4. The van der Waals surface area contributed by atoms with Crippen LogP contribution in [-0.2, 0) is 4.79 Å². The molecule has 2 rings (SSSR count). The second-order valence-electron chi connectivity index (χ2n) is 5.58. The van der Waals surface area contributed by atoms with Crippen LogP contribution >= 0.6 is 11.8 Å². The van der Waals surface area contributed by atoms with Gasteiger partial charge in [-0.15, -0.1) is 0 Å². The fourth-order valence-electron chi connectivity index (χ4n) is 2.52. The molecular weight excluding hydrogens is 264 g/mol. The number of amides is 2. The number of hydrogen-bond acceptors (Lipinski definition) is 3. The van der Waals surface area contributed by atoms with Crippen molar-refractivity contribution in [2.75, 3.05) is 25.9 Å². The van der Waals surface area contributed by atoms with Crippen LogP contribution in [0.1, 0.15) is 32.1 Å². The van der Waals surface area contributed by atoms with Crippen molar-refractivity contribution < 1.29 is 14.7 Å².